The van der Waals surface area contributed by atoms with Gasteiger partial charge in [-0.2, -0.15) is 18.3 Å². The second kappa shape index (κ2) is 4.71. The molecule has 0 saturated heterocycles. The number of rotatable bonds is 2. The van der Waals surface area contributed by atoms with Crippen LogP contribution in [0.4, 0.5) is 18.9 Å². The standard InChI is InChI=1S/C16H13F3N4/c17-16(18,19)11-3-4-12(13(20)7-11)14-5-10(9-1-2-9)6-15-21-8-22-23(14)15/h3-9H,1-2,20H2. The van der Waals surface area contributed by atoms with Crippen LogP contribution in [0.2, 0.25) is 0 Å². The summed E-state index contributed by atoms with van der Waals surface area (Å²) in [6.45, 7) is 0. The van der Waals surface area contributed by atoms with Gasteiger partial charge in [0.1, 0.15) is 6.33 Å². The van der Waals surface area contributed by atoms with Gasteiger partial charge in [0, 0.05) is 11.3 Å². The summed E-state index contributed by atoms with van der Waals surface area (Å²) in [4.78, 5) is 4.19. The van der Waals surface area contributed by atoms with Crippen LogP contribution in [0.1, 0.15) is 29.9 Å². The topological polar surface area (TPSA) is 56.2 Å². The number of benzene rings is 1. The van der Waals surface area contributed by atoms with E-state index in [9.17, 15) is 13.2 Å². The lowest BCUT2D eigenvalue weighted by molar-refractivity contribution is -0.137. The largest absolute Gasteiger partial charge is 0.416 e. The molecular weight excluding hydrogens is 305 g/mol. The molecule has 0 spiro atoms. The van der Waals surface area contributed by atoms with Gasteiger partial charge in [-0.1, -0.05) is 6.07 Å². The van der Waals surface area contributed by atoms with Crippen molar-refractivity contribution in [2.75, 3.05) is 5.73 Å². The third-order valence-electron chi connectivity index (χ3n) is 4.11. The monoisotopic (exact) mass is 318 g/mol. The molecule has 1 aromatic carbocycles. The van der Waals surface area contributed by atoms with Crippen LogP contribution in [0.5, 0.6) is 0 Å². The molecule has 0 aliphatic heterocycles. The number of nitrogens with two attached hydrogens (primary N) is 1. The van der Waals surface area contributed by atoms with Crippen LogP contribution < -0.4 is 5.73 Å². The van der Waals surface area contributed by atoms with Crippen LogP contribution in [0.15, 0.2) is 36.7 Å². The molecule has 0 amide bonds. The summed E-state index contributed by atoms with van der Waals surface area (Å²) >= 11 is 0. The number of hydrogen-bond donors (Lipinski definition) is 1. The molecule has 0 atom stereocenters. The highest BCUT2D eigenvalue weighted by atomic mass is 19.4. The lowest BCUT2D eigenvalue weighted by Gasteiger charge is -2.13. The first kappa shape index (κ1) is 14.0. The van der Waals surface area contributed by atoms with E-state index in [1.54, 1.807) is 4.52 Å². The molecule has 1 aliphatic rings. The van der Waals surface area contributed by atoms with E-state index in [0.29, 0.717) is 22.8 Å². The summed E-state index contributed by atoms with van der Waals surface area (Å²) < 4.78 is 40.0. The van der Waals surface area contributed by atoms with Gasteiger partial charge in [-0.15, -0.1) is 0 Å². The number of pyridine rings is 1. The quantitative estimate of drug-likeness (QED) is 0.730. The normalized spacial score (nSPS) is 15.3. The van der Waals surface area contributed by atoms with Gasteiger partial charge in [0.2, 0.25) is 0 Å². The van der Waals surface area contributed by atoms with Crippen molar-refractivity contribution in [1.29, 1.82) is 0 Å². The predicted octanol–water partition coefficient (Wildman–Crippen LogP) is 3.87. The lowest BCUT2D eigenvalue weighted by atomic mass is 10.0. The summed E-state index contributed by atoms with van der Waals surface area (Å²) in [6, 6.07) is 7.30. The average Bonchev–Trinajstić information content (AvgIpc) is 3.23. The minimum absolute atomic E-state index is 0.0737. The second-order valence-corrected chi connectivity index (χ2v) is 5.78. The number of fused-ring (bicyclic) bond motifs is 1. The highest BCUT2D eigenvalue weighted by Gasteiger charge is 2.31. The lowest BCUT2D eigenvalue weighted by Crippen LogP contribution is -2.07. The fraction of sp³-hybridized carbons (Fsp3) is 0.250. The molecule has 2 N–H and O–H groups in total. The Kier molecular flexibility index (Phi) is 2.88. The molecule has 3 aromatic rings. The van der Waals surface area contributed by atoms with Crippen molar-refractivity contribution in [1.82, 2.24) is 14.6 Å². The van der Waals surface area contributed by atoms with Crippen molar-refractivity contribution >= 4 is 11.3 Å². The van der Waals surface area contributed by atoms with Crippen LogP contribution in [0, 0.1) is 0 Å². The smallest absolute Gasteiger partial charge is 0.398 e. The summed E-state index contributed by atoms with van der Waals surface area (Å²) in [5.74, 6) is 0.492. The zero-order chi connectivity index (χ0) is 16.2. The van der Waals surface area contributed by atoms with Crippen molar-refractivity contribution < 1.29 is 13.2 Å². The Bertz CT molecular complexity index is 894. The fourth-order valence-electron chi connectivity index (χ4n) is 2.76. The Hall–Kier alpha value is -2.57. The van der Waals surface area contributed by atoms with Gasteiger partial charge in [-0.3, -0.25) is 0 Å². The molecule has 23 heavy (non-hydrogen) atoms. The van der Waals surface area contributed by atoms with E-state index >= 15 is 0 Å². The van der Waals surface area contributed by atoms with Gasteiger partial charge < -0.3 is 5.73 Å². The molecule has 7 heteroatoms. The van der Waals surface area contributed by atoms with Crippen LogP contribution in [-0.4, -0.2) is 14.6 Å². The Balaban J connectivity index is 1.90. The summed E-state index contributed by atoms with van der Waals surface area (Å²) in [7, 11) is 0. The molecule has 0 bridgehead atoms. The molecule has 1 saturated carbocycles. The molecular formula is C16H13F3N4. The number of nitrogen functional groups attached to an aromatic ring is 1. The number of nitrogens with zero attached hydrogens (tertiary/aromatic N) is 3. The third kappa shape index (κ3) is 2.42. The fourth-order valence-corrected chi connectivity index (χ4v) is 2.76. The van der Waals surface area contributed by atoms with E-state index in [2.05, 4.69) is 10.1 Å². The maximum atomic E-state index is 12.8. The maximum absolute atomic E-state index is 12.8. The van der Waals surface area contributed by atoms with Crippen LogP contribution >= 0.6 is 0 Å². The number of halogens is 3. The van der Waals surface area contributed by atoms with Crippen LogP contribution in [-0.2, 0) is 6.18 Å². The highest BCUT2D eigenvalue weighted by Crippen LogP contribution is 2.42. The Labute approximate surface area is 129 Å². The predicted molar refractivity (Wildman–Crippen MR) is 79.8 cm³/mol. The van der Waals surface area contributed by atoms with E-state index in [1.165, 1.54) is 12.4 Å². The van der Waals surface area contributed by atoms with Crippen molar-refractivity contribution in [2.45, 2.75) is 24.9 Å². The number of hydrogen-bond acceptors (Lipinski definition) is 3. The Morgan fingerprint density at radius 3 is 2.57 bits per heavy atom. The van der Waals surface area contributed by atoms with Gasteiger partial charge in [0.05, 0.1) is 11.3 Å². The Morgan fingerprint density at radius 1 is 1.13 bits per heavy atom. The van der Waals surface area contributed by atoms with Gasteiger partial charge in [-0.25, -0.2) is 9.50 Å². The molecule has 0 unspecified atom stereocenters. The zero-order valence-corrected chi connectivity index (χ0v) is 12.0. The van der Waals surface area contributed by atoms with E-state index < -0.39 is 11.7 Å². The van der Waals surface area contributed by atoms with Gasteiger partial charge >= 0.3 is 6.18 Å². The molecule has 2 heterocycles. The van der Waals surface area contributed by atoms with Gasteiger partial charge in [0.25, 0.3) is 0 Å². The first-order chi connectivity index (χ1) is 10.9. The van der Waals surface area contributed by atoms with E-state index in [1.807, 2.05) is 12.1 Å². The molecule has 4 rings (SSSR count). The molecule has 4 nitrogen and oxygen atoms in total. The molecule has 1 fully saturated rings. The number of alkyl halides is 3. The summed E-state index contributed by atoms with van der Waals surface area (Å²) in [5, 5.41) is 4.16. The molecule has 2 aromatic heterocycles. The number of anilines is 1. The van der Waals surface area contributed by atoms with E-state index in [-0.39, 0.29) is 5.69 Å². The van der Waals surface area contributed by atoms with Crippen molar-refractivity contribution in [3.05, 3.63) is 47.8 Å². The molecule has 118 valence electrons. The first-order valence-electron chi connectivity index (χ1n) is 7.24. The number of aromatic nitrogens is 3. The SMILES string of the molecule is Nc1cc(C(F)(F)F)ccc1-c1cc(C2CC2)cc2ncnn12. The molecule has 0 radical (unpaired) electrons. The van der Waals surface area contributed by atoms with Gasteiger partial charge in [0.15, 0.2) is 5.65 Å². The molecule has 1 aliphatic carbocycles. The van der Waals surface area contributed by atoms with E-state index in [0.717, 1.165) is 30.5 Å². The van der Waals surface area contributed by atoms with Crippen molar-refractivity contribution in [3.63, 3.8) is 0 Å². The highest BCUT2D eigenvalue weighted by molar-refractivity contribution is 5.76. The minimum atomic E-state index is -4.41. The van der Waals surface area contributed by atoms with Crippen LogP contribution in [0.25, 0.3) is 16.9 Å². The third-order valence-corrected chi connectivity index (χ3v) is 4.11. The van der Waals surface area contributed by atoms with Gasteiger partial charge in [-0.05, 0) is 48.6 Å². The first-order valence-corrected chi connectivity index (χ1v) is 7.24. The Morgan fingerprint density at radius 2 is 1.91 bits per heavy atom. The van der Waals surface area contributed by atoms with Crippen LogP contribution in [0.3, 0.4) is 0 Å². The summed E-state index contributed by atoms with van der Waals surface area (Å²) in [6.07, 6.45) is -0.751. The zero-order valence-electron chi connectivity index (χ0n) is 12.0. The van der Waals surface area contributed by atoms with Crippen molar-refractivity contribution in [3.8, 4) is 11.3 Å². The maximum Gasteiger partial charge on any atom is 0.416 e. The van der Waals surface area contributed by atoms with Crippen molar-refractivity contribution in [2.24, 2.45) is 0 Å². The van der Waals surface area contributed by atoms with E-state index in [4.69, 9.17) is 5.73 Å². The second-order valence-electron chi connectivity index (χ2n) is 5.78. The average molecular weight is 318 g/mol. The minimum Gasteiger partial charge on any atom is -0.398 e. The summed E-state index contributed by atoms with van der Waals surface area (Å²) in [5.41, 5.74) is 8.19.